The van der Waals surface area contributed by atoms with Crippen LogP contribution >= 0.6 is 0 Å². The van der Waals surface area contributed by atoms with Crippen LogP contribution in [-0.2, 0) is 16.0 Å². The van der Waals surface area contributed by atoms with Crippen LogP contribution in [0.5, 0.6) is 0 Å². The zero-order valence-electron chi connectivity index (χ0n) is 12.1. The van der Waals surface area contributed by atoms with Gasteiger partial charge in [0.15, 0.2) is 0 Å². The first-order valence-electron chi connectivity index (χ1n) is 7.98. The summed E-state index contributed by atoms with van der Waals surface area (Å²) in [6, 6.07) is 2.56. The van der Waals surface area contributed by atoms with Crippen molar-refractivity contribution >= 4 is 5.78 Å². The molecule has 2 heterocycles. The van der Waals surface area contributed by atoms with Crippen LogP contribution < -0.4 is 0 Å². The zero-order valence-corrected chi connectivity index (χ0v) is 12.1. The Morgan fingerprint density at radius 1 is 1.30 bits per heavy atom. The van der Waals surface area contributed by atoms with Crippen LogP contribution in [0.4, 0.5) is 0 Å². The van der Waals surface area contributed by atoms with E-state index >= 15 is 0 Å². The van der Waals surface area contributed by atoms with Crippen molar-refractivity contribution in [1.29, 1.82) is 0 Å². The highest BCUT2D eigenvalue weighted by molar-refractivity contribution is 5.80. The maximum absolute atomic E-state index is 12.0. The molecule has 20 heavy (non-hydrogen) atoms. The van der Waals surface area contributed by atoms with E-state index in [1.807, 2.05) is 12.3 Å². The first-order chi connectivity index (χ1) is 9.81. The Morgan fingerprint density at radius 2 is 2.15 bits per heavy atom. The van der Waals surface area contributed by atoms with Crippen molar-refractivity contribution in [2.24, 2.45) is 0 Å². The Bertz CT molecular complexity index is 443. The van der Waals surface area contributed by atoms with Gasteiger partial charge in [0, 0.05) is 19.2 Å². The molecule has 0 radical (unpaired) electrons. The highest BCUT2D eigenvalue weighted by Gasteiger charge is 2.19. The summed E-state index contributed by atoms with van der Waals surface area (Å²) in [5.74, 6) is 0.289. The molecular formula is C16H24N2O2. The Labute approximate surface area is 120 Å². The van der Waals surface area contributed by atoms with Crippen molar-refractivity contribution < 1.29 is 9.53 Å². The quantitative estimate of drug-likeness (QED) is 0.802. The zero-order chi connectivity index (χ0) is 13.8. The fourth-order valence-electron chi connectivity index (χ4n) is 3.33. The second kappa shape index (κ2) is 6.53. The molecule has 0 bridgehead atoms. The third-order valence-electron chi connectivity index (χ3n) is 4.51. The van der Waals surface area contributed by atoms with Gasteiger partial charge in [-0.2, -0.15) is 5.10 Å². The van der Waals surface area contributed by atoms with Crippen molar-refractivity contribution in [3.05, 3.63) is 18.0 Å². The molecule has 1 unspecified atom stereocenters. The molecule has 1 saturated heterocycles. The molecule has 4 nitrogen and oxygen atoms in total. The highest BCUT2D eigenvalue weighted by atomic mass is 16.5. The third kappa shape index (κ3) is 3.48. The molecule has 0 amide bonds. The van der Waals surface area contributed by atoms with Crippen LogP contribution in [0.25, 0.3) is 0 Å². The van der Waals surface area contributed by atoms with Gasteiger partial charge in [0.25, 0.3) is 0 Å². The standard InChI is InChI=1S/C16H24N2O2/c19-15(7-8-16-6-3-11-20-16)12-13-9-10-18(17-13)14-4-1-2-5-14/h9-10,14,16H,1-8,11-12H2. The Balaban J connectivity index is 1.45. The first-order valence-corrected chi connectivity index (χ1v) is 7.98. The average molecular weight is 276 g/mol. The summed E-state index contributed by atoms with van der Waals surface area (Å²) in [5.41, 5.74) is 0.925. The minimum absolute atomic E-state index is 0.289. The third-order valence-corrected chi connectivity index (χ3v) is 4.51. The van der Waals surface area contributed by atoms with Crippen molar-refractivity contribution in [2.45, 2.75) is 69.9 Å². The monoisotopic (exact) mass is 276 g/mol. The normalized spacial score (nSPS) is 23.5. The second-order valence-corrected chi connectivity index (χ2v) is 6.11. The van der Waals surface area contributed by atoms with E-state index < -0.39 is 0 Å². The topological polar surface area (TPSA) is 44.1 Å². The lowest BCUT2D eigenvalue weighted by Crippen LogP contribution is -2.11. The van der Waals surface area contributed by atoms with Gasteiger partial charge in [-0.25, -0.2) is 0 Å². The number of hydrogen-bond donors (Lipinski definition) is 0. The molecule has 1 atom stereocenters. The minimum Gasteiger partial charge on any atom is -0.378 e. The summed E-state index contributed by atoms with van der Waals surface area (Å²) >= 11 is 0. The average Bonchev–Trinajstić information content (AvgIpc) is 3.18. The SMILES string of the molecule is O=C(CCC1CCCO1)Cc1ccn(C2CCCC2)n1. The summed E-state index contributed by atoms with van der Waals surface area (Å²) in [7, 11) is 0. The molecule has 1 aromatic rings. The number of ketones is 1. The lowest BCUT2D eigenvalue weighted by molar-refractivity contribution is -0.119. The predicted molar refractivity (Wildman–Crippen MR) is 76.7 cm³/mol. The van der Waals surface area contributed by atoms with Crippen LogP contribution in [-0.4, -0.2) is 28.3 Å². The summed E-state index contributed by atoms with van der Waals surface area (Å²) in [6.45, 7) is 0.866. The van der Waals surface area contributed by atoms with Gasteiger partial charge >= 0.3 is 0 Å². The highest BCUT2D eigenvalue weighted by Crippen LogP contribution is 2.28. The van der Waals surface area contributed by atoms with E-state index in [1.165, 1.54) is 25.7 Å². The number of carbonyl (C=O) groups excluding carboxylic acids is 1. The van der Waals surface area contributed by atoms with Crippen molar-refractivity contribution in [2.75, 3.05) is 6.61 Å². The lowest BCUT2D eigenvalue weighted by atomic mass is 10.1. The van der Waals surface area contributed by atoms with E-state index in [0.29, 0.717) is 25.0 Å². The number of Topliss-reactive ketones (excluding diaryl/α,β-unsaturated/α-hetero) is 1. The number of carbonyl (C=O) groups is 1. The van der Waals surface area contributed by atoms with E-state index in [4.69, 9.17) is 4.74 Å². The molecule has 1 aliphatic heterocycles. The molecular weight excluding hydrogens is 252 g/mol. The number of rotatable bonds is 6. The molecule has 0 spiro atoms. The Hall–Kier alpha value is -1.16. The molecule has 110 valence electrons. The smallest absolute Gasteiger partial charge is 0.139 e. The first kappa shape index (κ1) is 13.8. The summed E-state index contributed by atoms with van der Waals surface area (Å²) in [5, 5.41) is 4.58. The maximum Gasteiger partial charge on any atom is 0.139 e. The molecule has 2 fully saturated rings. The number of ether oxygens (including phenoxy) is 1. The van der Waals surface area contributed by atoms with Crippen LogP contribution in [0.3, 0.4) is 0 Å². The van der Waals surface area contributed by atoms with Gasteiger partial charge in [-0.05, 0) is 38.2 Å². The second-order valence-electron chi connectivity index (χ2n) is 6.11. The molecule has 3 rings (SSSR count). The summed E-state index contributed by atoms with van der Waals surface area (Å²) in [6.07, 6.45) is 11.7. The fraction of sp³-hybridized carbons (Fsp3) is 0.750. The summed E-state index contributed by atoms with van der Waals surface area (Å²) < 4.78 is 7.62. The molecule has 1 saturated carbocycles. The van der Waals surface area contributed by atoms with Gasteiger partial charge in [0.2, 0.25) is 0 Å². The van der Waals surface area contributed by atoms with E-state index in [-0.39, 0.29) is 5.78 Å². The maximum atomic E-state index is 12.0. The molecule has 0 N–H and O–H groups in total. The fourth-order valence-corrected chi connectivity index (χ4v) is 3.33. The Morgan fingerprint density at radius 3 is 2.90 bits per heavy atom. The minimum atomic E-state index is 0.289. The Kier molecular flexibility index (Phi) is 4.51. The van der Waals surface area contributed by atoms with Gasteiger partial charge < -0.3 is 4.74 Å². The molecule has 1 aromatic heterocycles. The summed E-state index contributed by atoms with van der Waals surface area (Å²) in [4.78, 5) is 12.0. The molecule has 1 aliphatic carbocycles. The van der Waals surface area contributed by atoms with Gasteiger partial charge in [0.05, 0.1) is 24.3 Å². The van der Waals surface area contributed by atoms with Crippen LogP contribution in [0, 0.1) is 0 Å². The number of nitrogens with zero attached hydrogens (tertiary/aromatic N) is 2. The van der Waals surface area contributed by atoms with Crippen molar-refractivity contribution in [3.63, 3.8) is 0 Å². The molecule has 4 heteroatoms. The van der Waals surface area contributed by atoms with E-state index in [0.717, 1.165) is 31.6 Å². The van der Waals surface area contributed by atoms with Crippen LogP contribution in [0.15, 0.2) is 12.3 Å². The largest absolute Gasteiger partial charge is 0.378 e. The van der Waals surface area contributed by atoms with Crippen molar-refractivity contribution in [1.82, 2.24) is 9.78 Å². The van der Waals surface area contributed by atoms with E-state index in [2.05, 4.69) is 9.78 Å². The number of hydrogen-bond acceptors (Lipinski definition) is 3. The molecule has 0 aromatic carbocycles. The van der Waals surface area contributed by atoms with Gasteiger partial charge in [0.1, 0.15) is 5.78 Å². The predicted octanol–water partition coefficient (Wildman–Crippen LogP) is 3.07. The van der Waals surface area contributed by atoms with Crippen LogP contribution in [0.2, 0.25) is 0 Å². The molecule has 2 aliphatic rings. The van der Waals surface area contributed by atoms with Gasteiger partial charge in [-0.3, -0.25) is 9.48 Å². The van der Waals surface area contributed by atoms with E-state index in [1.54, 1.807) is 0 Å². The van der Waals surface area contributed by atoms with Gasteiger partial charge in [-0.15, -0.1) is 0 Å². The van der Waals surface area contributed by atoms with Crippen LogP contribution in [0.1, 0.15) is 63.1 Å². The lowest BCUT2D eigenvalue weighted by Gasteiger charge is -2.09. The number of aromatic nitrogens is 2. The van der Waals surface area contributed by atoms with Gasteiger partial charge in [-0.1, -0.05) is 12.8 Å². The van der Waals surface area contributed by atoms with E-state index in [9.17, 15) is 4.79 Å². The van der Waals surface area contributed by atoms with Crippen molar-refractivity contribution in [3.8, 4) is 0 Å².